The van der Waals surface area contributed by atoms with Crippen molar-refractivity contribution in [3.63, 3.8) is 0 Å². The van der Waals surface area contributed by atoms with Crippen molar-refractivity contribution in [2.24, 2.45) is 0 Å². The second-order valence-corrected chi connectivity index (χ2v) is 6.59. The van der Waals surface area contributed by atoms with Gasteiger partial charge >= 0.3 is 0 Å². The van der Waals surface area contributed by atoms with Crippen molar-refractivity contribution < 1.29 is 12.8 Å². The Balaban J connectivity index is 2.14. The van der Waals surface area contributed by atoms with Gasteiger partial charge in [-0.15, -0.1) is 0 Å². The summed E-state index contributed by atoms with van der Waals surface area (Å²) in [6.07, 6.45) is 0. The fourth-order valence-corrected chi connectivity index (χ4v) is 3.16. The quantitative estimate of drug-likeness (QED) is 0.927. The van der Waals surface area contributed by atoms with Gasteiger partial charge in [0.25, 0.3) is 0 Å². The van der Waals surface area contributed by atoms with Crippen LogP contribution in [0.3, 0.4) is 0 Å². The highest BCUT2D eigenvalue weighted by Crippen LogP contribution is 2.16. The van der Waals surface area contributed by atoms with E-state index in [0.717, 1.165) is 0 Å². The van der Waals surface area contributed by atoms with Crippen LogP contribution < -0.4 is 4.72 Å². The van der Waals surface area contributed by atoms with E-state index in [0.29, 0.717) is 10.0 Å². The lowest BCUT2D eigenvalue weighted by Gasteiger charge is -2.07. The second kappa shape index (κ2) is 5.81. The molecule has 0 atom stereocenters. The fourth-order valence-electron chi connectivity index (χ4n) is 1.54. The van der Waals surface area contributed by atoms with Gasteiger partial charge in [-0.3, -0.25) is 0 Å². The first-order valence-corrected chi connectivity index (χ1v) is 7.75. The molecule has 0 aliphatic rings. The van der Waals surface area contributed by atoms with Gasteiger partial charge in [0, 0.05) is 11.0 Å². The molecule has 0 heterocycles. The normalized spacial score (nSPS) is 11.5. The summed E-state index contributed by atoms with van der Waals surface area (Å²) < 4.78 is 40.1. The highest BCUT2D eigenvalue weighted by molar-refractivity contribution is 9.10. The van der Waals surface area contributed by atoms with Crippen LogP contribution in [0.2, 0.25) is 0 Å². The average molecular weight is 344 g/mol. The third-order valence-electron chi connectivity index (χ3n) is 2.46. The third-order valence-corrected chi connectivity index (χ3v) is 4.35. The maximum absolute atomic E-state index is 13.0. The van der Waals surface area contributed by atoms with Crippen LogP contribution in [0, 0.1) is 5.82 Å². The molecule has 0 aliphatic carbocycles. The average Bonchev–Trinajstić information content (AvgIpc) is 2.37. The molecule has 1 N–H and O–H groups in total. The van der Waals surface area contributed by atoms with Crippen LogP contribution in [0.5, 0.6) is 0 Å². The van der Waals surface area contributed by atoms with Crippen molar-refractivity contribution in [2.45, 2.75) is 11.4 Å². The van der Waals surface area contributed by atoms with Crippen molar-refractivity contribution in [3.05, 3.63) is 64.4 Å². The van der Waals surface area contributed by atoms with Crippen LogP contribution in [0.1, 0.15) is 5.56 Å². The van der Waals surface area contributed by atoms with E-state index in [9.17, 15) is 12.8 Å². The zero-order chi connectivity index (χ0) is 13.9. The number of hydrogen-bond acceptors (Lipinski definition) is 2. The summed E-state index contributed by atoms with van der Waals surface area (Å²) >= 11 is 3.22. The van der Waals surface area contributed by atoms with Gasteiger partial charge in [-0.2, -0.15) is 0 Å². The fraction of sp³-hybridized carbons (Fsp3) is 0.0769. The summed E-state index contributed by atoms with van der Waals surface area (Å²) in [5.41, 5.74) is 0.568. The first kappa shape index (κ1) is 14.2. The van der Waals surface area contributed by atoms with E-state index in [4.69, 9.17) is 0 Å². The maximum atomic E-state index is 13.0. The van der Waals surface area contributed by atoms with Crippen LogP contribution in [0.25, 0.3) is 0 Å². The van der Waals surface area contributed by atoms with E-state index < -0.39 is 10.0 Å². The molecule has 100 valence electrons. The minimum atomic E-state index is -3.60. The highest BCUT2D eigenvalue weighted by atomic mass is 79.9. The largest absolute Gasteiger partial charge is 0.240 e. The van der Waals surface area contributed by atoms with Gasteiger partial charge in [-0.05, 0) is 35.9 Å². The minimum absolute atomic E-state index is 0.0482. The summed E-state index contributed by atoms with van der Waals surface area (Å²) in [5, 5.41) is 0. The standard InChI is InChI=1S/C13H11BrFNO2S/c14-11-4-2-6-13(8-11)19(17,18)16-9-10-3-1-5-12(15)7-10/h1-8,16H,9H2. The molecule has 0 saturated heterocycles. The maximum Gasteiger partial charge on any atom is 0.240 e. The summed E-state index contributed by atoms with van der Waals surface area (Å²) in [6.45, 7) is 0.0482. The van der Waals surface area contributed by atoms with E-state index in [1.807, 2.05) is 0 Å². The minimum Gasteiger partial charge on any atom is -0.207 e. The lowest BCUT2D eigenvalue weighted by molar-refractivity contribution is 0.580. The van der Waals surface area contributed by atoms with Crippen molar-refractivity contribution in [1.82, 2.24) is 4.72 Å². The lowest BCUT2D eigenvalue weighted by atomic mass is 10.2. The topological polar surface area (TPSA) is 46.2 Å². The van der Waals surface area contributed by atoms with Gasteiger partial charge < -0.3 is 0 Å². The number of benzene rings is 2. The van der Waals surface area contributed by atoms with Crippen molar-refractivity contribution >= 4 is 26.0 Å². The van der Waals surface area contributed by atoms with Crippen molar-refractivity contribution in [1.29, 1.82) is 0 Å². The molecule has 0 fully saturated rings. The molecule has 0 amide bonds. The predicted molar refractivity (Wildman–Crippen MR) is 74.6 cm³/mol. The van der Waals surface area contributed by atoms with Gasteiger partial charge in [0.05, 0.1) is 4.90 Å². The third kappa shape index (κ3) is 3.86. The first-order valence-electron chi connectivity index (χ1n) is 5.47. The molecular formula is C13H11BrFNO2S. The highest BCUT2D eigenvalue weighted by Gasteiger charge is 2.13. The Morgan fingerprint density at radius 3 is 2.53 bits per heavy atom. The Bertz CT molecular complexity index is 689. The Morgan fingerprint density at radius 1 is 1.11 bits per heavy atom. The number of nitrogens with one attached hydrogen (secondary N) is 1. The number of hydrogen-bond donors (Lipinski definition) is 1. The van der Waals surface area contributed by atoms with E-state index in [1.54, 1.807) is 18.2 Å². The SMILES string of the molecule is O=S(=O)(NCc1cccc(F)c1)c1cccc(Br)c1. The second-order valence-electron chi connectivity index (χ2n) is 3.91. The molecule has 2 aromatic carbocycles. The predicted octanol–water partition coefficient (Wildman–Crippen LogP) is 3.07. The van der Waals surface area contributed by atoms with E-state index in [2.05, 4.69) is 20.7 Å². The summed E-state index contributed by atoms with van der Waals surface area (Å²) in [4.78, 5) is 0.165. The molecule has 3 nitrogen and oxygen atoms in total. The monoisotopic (exact) mass is 343 g/mol. The molecule has 0 unspecified atom stereocenters. The molecule has 0 aliphatic heterocycles. The molecular weight excluding hydrogens is 333 g/mol. The van der Waals surface area contributed by atoms with E-state index in [-0.39, 0.29) is 17.3 Å². The summed E-state index contributed by atoms with van der Waals surface area (Å²) in [5.74, 6) is -0.390. The number of rotatable bonds is 4. The van der Waals surface area contributed by atoms with Crippen LogP contribution in [0.15, 0.2) is 57.9 Å². The number of sulfonamides is 1. The molecule has 2 rings (SSSR count). The van der Waals surface area contributed by atoms with E-state index in [1.165, 1.54) is 30.3 Å². The molecule has 0 bridgehead atoms. The van der Waals surface area contributed by atoms with Crippen LogP contribution >= 0.6 is 15.9 Å². The first-order chi connectivity index (χ1) is 8.97. The summed E-state index contributed by atoms with van der Waals surface area (Å²) in [7, 11) is -3.60. The summed E-state index contributed by atoms with van der Waals surface area (Å²) in [6, 6.07) is 12.2. The Hall–Kier alpha value is -1.24. The smallest absolute Gasteiger partial charge is 0.207 e. The van der Waals surface area contributed by atoms with Gasteiger partial charge in [-0.1, -0.05) is 34.1 Å². The van der Waals surface area contributed by atoms with Gasteiger partial charge in [0.1, 0.15) is 5.82 Å². The Kier molecular flexibility index (Phi) is 4.34. The molecule has 0 spiro atoms. The van der Waals surface area contributed by atoms with Crippen LogP contribution in [0.4, 0.5) is 4.39 Å². The van der Waals surface area contributed by atoms with Gasteiger partial charge in [0.2, 0.25) is 10.0 Å². The molecule has 0 saturated carbocycles. The lowest BCUT2D eigenvalue weighted by Crippen LogP contribution is -2.23. The molecule has 2 aromatic rings. The molecule has 0 radical (unpaired) electrons. The molecule has 6 heteroatoms. The van der Waals surface area contributed by atoms with E-state index >= 15 is 0 Å². The van der Waals surface area contributed by atoms with Gasteiger partial charge in [-0.25, -0.2) is 17.5 Å². The Labute approximate surface area is 119 Å². The Morgan fingerprint density at radius 2 is 1.84 bits per heavy atom. The van der Waals surface area contributed by atoms with Crippen LogP contribution in [-0.4, -0.2) is 8.42 Å². The number of halogens is 2. The van der Waals surface area contributed by atoms with Crippen LogP contribution in [-0.2, 0) is 16.6 Å². The zero-order valence-corrected chi connectivity index (χ0v) is 12.2. The molecule has 0 aromatic heterocycles. The zero-order valence-electron chi connectivity index (χ0n) is 9.81. The van der Waals surface area contributed by atoms with Crippen molar-refractivity contribution in [3.8, 4) is 0 Å². The van der Waals surface area contributed by atoms with Gasteiger partial charge in [0.15, 0.2) is 0 Å². The van der Waals surface area contributed by atoms with Crippen molar-refractivity contribution in [2.75, 3.05) is 0 Å². The molecule has 19 heavy (non-hydrogen) atoms.